The zero-order valence-corrected chi connectivity index (χ0v) is 18.4. The van der Waals surface area contributed by atoms with Gasteiger partial charge in [-0.1, -0.05) is 12.2 Å². The molecule has 0 N–H and O–H groups in total. The number of halogens is 1. The van der Waals surface area contributed by atoms with Gasteiger partial charge >= 0.3 is 17.9 Å². The summed E-state index contributed by atoms with van der Waals surface area (Å²) in [5.74, 6) is -2.61. The Balaban J connectivity index is 1.86. The van der Waals surface area contributed by atoms with E-state index in [0.29, 0.717) is 0 Å². The Morgan fingerprint density at radius 1 is 1.04 bits per heavy atom. The fourth-order valence-electron chi connectivity index (χ4n) is 3.86. The zero-order valence-electron chi connectivity index (χ0n) is 16.2. The van der Waals surface area contributed by atoms with Crippen molar-refractivity contribution in [3.8, 4) is 5.75 Å². The Morgan fingerprint density at radius 2 is 1.64 bits per heavy atom. The fraction of sp³-hybridized carbons (Fsp3) is 0.476. The van der Waals surface area contributed by atoms with E-state index in [-0.39, 0.29) is 23.1 Å². The zero-order chi connectivity index (χ0) is 20.6. The minimum Gasteiger partial charge on any atom is -0.469 e. The molecule has 0 aromatic heterocycles. The van der Waals surface area contributed by atoms with Gasteiger partial charge in [-0.3, -0.25) is 9.59 Å². The molecular formula is C21H23IO6. The maximum absolute atomic E-state index is 13.0. The molecule has 0 saturated heterocycles. The van der Waals surface area contributed by atoms with Crippen molar-refractivity contribution in [2.24, 2.45) is 23.7 Å². The molecule has 1 saturated carbocycles. The van der Waals surface area contributed by atoms with Crippen LogP contribution < -0.4 is 4.74 Å². The van der Waals surface area contributed by atoms with E-state index in [2.05, 4.69) is 22.6 Å². The second-order valence-corrected chi connectivity index (χ2v) is 9.33. The van der Waals surface area contributed by atoms with Gasteiger partial charge in [0, 0.05) is 3.57 Å². The van der Waals surface area contributed by atoms with Crippen molar-refractivity contribution in [2.75, 3.05) is 7.11 Å². The van der Waals surface area contributed by atoms with Crippen LogP contribution in [0.1, 0.15) is 37.6 Å². The molecule has 2 bridgehead atoms. The van der Waals surface area contributed by atoms with Crippen LogP contribution in [0.2, 0.25) is 0 Å². The molecule has 4 atom stereocenters. The number of carbonyl (C=O) groups is 3. The fourth-order valence-corrected chi connectivity index (χ4v) is 4.32. The first-order valence-electron chi connectivity index (χ1n) is 9.11. The second kappa shape index (κ2) is 7.85. The van der Waals surface area contributed by atoms with E-state index in [1.807, 2.05) is 12.2 Å². The molecule has 2 aliphatic carbocycles. The lowest BCUT2D eigenvalue weighted by molar-refractivity contribution is -0.155. The number of methoxy groups -OCH3 is 1. The number of hydrogen-bond donors (Lipinski definition) is 0. The van der Waals surface area contributed by atoms with Crippen molar-refractivity contribution in [1.82, 2.24) is 0 Å². The van der Waals surface area contributed by atoms with Crippen LogP contribution in [0.4, 0.5) is 0 Å². The normalized spacial score (nSPS) is 25.5. The molecule has 0 spiro atoms. The van der Waals surface area contributed by atoms with E-state index in [4.69, 9.17) is 14.2 Å². The Kier molecular flexibility index (Phi) is 5.84. The predicted octanol–water partition coefficient (Wildman–Crippen LogP) is 3.76. The average molecular weight is 498 g/mol. The Morgan fingerprint density at radius 3 is 2.21 bits per heavy atom. The smallest absolute Gasteiger partial charge is 0.342 e. The number of carbonyl (C=O) groups excluding carboxylic acids is 3. The van der Waals surface area contributed by atoms with E-state index in [1.165, 1.54) is 7.11 Å². The summed E-state index contributed by atoms with van der Waals surface area (Å²) in [6.45, 7) is 5.31. The van der Waals surface area contributed by atoms with E-state index in [1.54, 1.807) is 39.0 Å². The van der Waals surface area contributed by atoms with E-state index >= 15 is 0 Å². The standard InChI is InChI=1S/C21H23IO6/c1-21(2,3)28-18(23)14-8-7-13(22)10-15(14)27-20(25)17-12-6-5-11(9-12)16(17)19(24)26-4/h5-8,10-12,16-17H,9H2,1-4H3. The molecule has 4 unspecified atom stereocenters. The van der Waals surface area contributed by atoms with Crippen molar-refractivity contribution in [1.29, 1.82) is 0 Å². The SMILES string of the molecule is COC(=O)C1C2C=CC(C2)C1C(=O)Oc1cc(I)ccc1C(=O)OC(C)(C)C. The van der Waals surface area contributed by atoms with E-state index in [9.17, 15) is 14.4 Å². The monoisotopic (exact) mass is 498 g/mol. The minimum atomic E-state index is -0.674. The van der Waals surface area contributed by atoms with Gasteiger partial charge in [-0.2, -0.15) is 0 Å². The molecule has 2 aliphatic rings. The summed E-state index contributed by atoms with van der Waals surface area (Å²) in [7, 11) is 1.32. The van der Waals surface area contributed by atoms with E-state index in [0.717, 1.165) is 9.99 Å². The molecule has 0 aliphatic heterocycles. The van der Waals surface area contributed by atoms with Crippen molar-refractivity contribution >= 4 is 40.5 Å². The molecule has 7 heteroatoms. The third kappa shape index (κ3) is 4.24. The second-order valence-electron chi connectivity index (χ2n) is 8.09. The number of fused-ring (bicyclic) bond motifs is 2. The molecule has 28 heavy (non-hydrogen) atoms. The van der Waals surface area contributed by atoms with Gasteiger partial charge < -0.3 is 14.2 Å². The number of rotatable bonds is 4. The first-order valence-corrected chi connectivity index (χ1v) is 10.2. The Labute approximate surface area is 177 Å². The van der Waals surface area contributed by atoms with Crippen molar-refractivity contribution in [3.63, 3.8) is 0 Å². The third-order valence-corrected chi connectivity index (χ3v) is 5.65. The number of hydrogen-bond acceptors (Lipinski definition) is 6. The highest BCUT2D eigenvalue weighted by Crippen LogP contribution is 2.49. The van der Waals surface area contributed by atoms with Gasteiger partial charge in [-0.05, 0) is 79.8 Å². The van der Waals surface area contributed by atoms with Crippen LogP contribution in [0.3, 0.4) is 0 Å². The van der Waals surface area contributed by atoms with Crippen LogP contribution in [0.5, 0.6) is 5.75 Å². The molecule has 0 amide bonds. The summed E-state index contributed by atoms with van der Waals surface area (Å²) in [6, 6.07) is 4.94. The lowest BCUT2D eigenvalue weighted by Gasteiger charge is -2.25. The molecule has 6 nitrogen and oxygen atoms in total. The van der Waals surface area contributed by atoms with Crippen LogP contribution in [0, 0.1) is 27.2 Å². The Bertz CT molecular complexity index is 838. The first-order chi connectivity index (χ1) is 13.1. The maximum atomic E-state index is 13.0. The van der Waals surface area contributed by atoms with Gasteiger partial charge in [0.25, 0.3) is 0 Å². The van der Waals surface area contributed by atoms with Crippen LogP contribution in [-0.2, 0) is 19.1 Å². The highest BCUT2D eigenvalue weighted by Gasteiger charge is 2.53. The molecule has 3 rings (SSSR count). The van der Waals surface area contributed by atoms with Crippen molar-refractivity contribution in [2.45, 2.75) is 32.8 Å². The van der Waals surface area contributed by atoms with Crippen molar-refractivity contribution in [3.05, 3.63) is 39.5 Å². The van der Waals surface area contributed by atoms with Gasteiger partial charge in [0.05, 0.1) is 18.9 Å². The summed E-state index contributed by atoms with van der Waals surface area (Å²) in [4.78, 5) is 37.7. The molecule has 1 fully saturated rings. The minimum absolute atomic E-state index is 0.0174. The molecular weight excluding hydrogens is 475 g/mol. The van der Waals surface area contributed by atoms with Crippen LogP contribution >= 0.6 is 22.6 Å². The van der Waals surface area contributed by atoms with Gasteiger partial charge in [-0.15, -0.1) is 0 Å². The van der Waals surface area contributed by atoms with E-state index < -0.39 is 35.3 Å². The van der Waals surface area contributed by atoms with Gasteiger partial charge in [0.1, 0.15) is 16.9 Å². The summed E-state index contributed by atoms with van der Waals surface area (Å²) in [5.41, 5.74) is -0.496. The number of ether oxygens (including phenoxy) is 3. The van der Waals surface area contributed by atoms with Gasteiger partial charge in [0.15, 0.2) is 0 Å². The predicted molar refractivity (Wildman–Crippen MR) is 110 cm³/mol. The summed E-state index contributed by atoms with van der Waals surface area (Å²) >= 11 is 2.08. The maximum Gasteiger partial charge on any atom is 0.342 e. The lowest BCUT2D eigenvalue weighted by atomic mass is 9.83. The molecule has 1 aromatic rings. The quantitative estimate of drug-likeness (QED) is 0.272. The summed E-state index contributed by atoms with van der Waals surface area (Å²) in [6.07, 6.45) is 4.65. The third-order valence-electron chi connectivity index (χ3n) is 4.98. The van der Waals surface area contributed by atoms with Crippen LogP contribution in [0.15, 0.2) is 30.4 Å². The summed E-state index contributed by atoms with van der Waals surface area (Å²) in [5, 5.41) is 0. The number of benzene rings is 1. The molecule has 150 valence electrons. The lowest BCUT2D eigenvalue weighted by Crippen LogP contribution is -2.36. The highest BCUT2D eigenvalue weighted by atomic mass is 127. The van der Waals surface area contributed by atoms with Gasteiger partial charge in [-0.25, -0.2) is 4.79 Å². The average Bonchev–Trinajstić information content (AvgIpc) is 3.20. The van der Waals surface area contributed by atoms with Crippen LogP contribution in [-0.4, -0.2) is 30.6 Å². The first kappa shape index (κ1) is 20.8. The number of esters is 3. The highest BCUT2D eigenvalue weighted by molar-refractivity contribution is 14.1. The molecule has 0 heterocycles. The van der Waals surface area contributed by atoms with Crippen molar-refractivity contribution < 1.29 is 28.6 Å². The topological polar surface area (TPSA) is 78.9 Å². The molecule has 0 radical (unpaired) electrons. The molecule has 1 aromatic carbocycles. The van der Waals surface area contributed by atoms with Gasteiger partial charge in [0.2, 0.25) is 0 Å². The Hall–Kier alpha value is -1.90. The number of allylic oxidation sites excluding steroid dienone is 2. The summed E-state index contributed by atoms with van der Waals surface area (Å²) < 4.78 is 16.8. The van der Waals surface area contributed by atoms with Crippen LogP contribution in [0.25, 0.3) is 0 Å². The largest absolute Gasteiger partial charge is 0.469 e.